The van der Waals surface area contributed by atoms with Gasteiger partial charge in [-0.05, 0) is 19.1 Å². The molecule has 1 aromatic rings. The Morgan fingerprint density at radius 2 is 2.04 bits per heavy atom. The van der Waals surface area contributed by atoms with Crippen molar-refractivity contribution in [3.05, 3.63) is 39.7 Å². The molecular formula is C14H16FN3O6. The third-order valence-electron chi connectivity index (χ3n) is 3.20. The van der Waals surface area contributed by atoms with Crippen molar-refractivity contribution in [3.8, 4) is 0 Å². The Hall–Kier alpha value is -3.04. The number of nitro groups is 1. The fourth-order valence-electron chi connectivity index (χ4n) is 1.95. The van der Waals surface area contributed by atoms with Gasteiger partial charge in [0.15, 0.2) is 0 Å². The molecule has 10 heteroatoms. The zero-order valence-corrected chi connectivity index (χ0v) is 13.0. The average Bonchev–Trinajstić information content (AvgIpc) is 2.49. The number of benzene rings is 1. The zero-order chi connectivity index (χ0) is 18.4. The van der Waals surface area contributed by atoms with Gasteiger partial charge >= 0.3 is 5.97 Å². The van der Waals surface area contributed by atoms with Crippen LogP contribution in [0.5, 0.6) is 0 Å². The third kappa shape index (κ3) is 4.73. The molecule has 0 fully saturated rings. The number of amides is 2. The van der Waals surface area contributed by atoms with Gasteiger partial charge in [0.05, 0.1) is 4.92 Å². The highest BCUT2D eigenvalue weighted by Crippen LogP contribution is 2.22. The molecule has 24 heavy (non-hydrogen) atoms. The lowest BCUT2D eigenvalue weighted by Crippen LogP contribution is -2.46. The van der Waals surface area contributed by atoms with Crippen molar-refractivity contribution in [2.24, 2.45) is 0 Å². The molecule has 1 aromatic carbocycles. The summed E-state index contributed by atoms with van der Waals surface area (Å²) < 4.78 is 13.4. The first-order valence-electron chi connectivity index (χ1n) is 6.87. The zero-order valence-electron chi connectivity index (χ0n) is 13.0. The molecule has 0 aliphatic carbocycles. The maximum atomic E-state index is 13.4. The molecule has 0 aliphatic rings. The minimum atomic E-state index is -1.34. The minimum Gasteiger partial charge on any atom is -0.480 e. The van der Waals surface area contributed by atoms with Crippen LogP contribution in [0.2, 0.25) is 0 Å². The molecule has 0 heterocycles. The van der Waals surface area contributed by atoms with Gasteiger partial charge in [0.25, 0.3) is 11.6 Å². The van der Waals surface area contributed by atoms with E-state index in [4.69, 9.17) is 5.11 Å². The van der Waals surface area contributed by atoms with Crippen LogP contribution in [0.4, 0.5) is 10.1 Å². The van der Waals surface area contributed by atoms with Crippen LogP contribution in [0.15, 0.2) is 18.2 Å². The Morgan fingerprint density at radius 1 is 1.42 bits per heavy atom. The van der Waals surface area contributed by atoms with Crippen molar-refractivity contribution in [3.63, 3.8) is 0 Å². The topological polar surface area (TPSA) is 130 Å². The van der Waals surface area contributed by atoms with E-state index in [9.17, 15) is 28.9 Å². The molecule has 9 nitrogen and oxygen atoms in total. The molecule has 0 radical (unpaired) electrons. The summed E-state index contributed by atoms with van der Waals surface area (Å²) >= 11 is 0. The van der Waals surface area contributed by atoms with Crippen LogP contribution < -0.4 is 5.32 Å². The molecule has 1 atom stereocenters. The summed E-state index contributed by atoms with van der Waals surface area (Å²) in [5.74, 6) is -3.61. The van der Waals surface area contributed by atoms with Crippen molar-refractivity contribution >= 4 is 23.5 Å². The first-order chi connectivity index (χ1) is 11.1. The van der Waals surface area contributed by atoms with Gasteiger partial charge < -0.3 is 15.3 Å². The second kappa shape index (κ2) is 7.99. The van der Waals surface area contributed by atoms with Gasteiger partial charge in [-0.2, -0.15) is 0 Å². The Balaban J connectivity index is 3.20. The molecule has 0 aliphatic heterocycles. The lowest BCUT2D eigenvalue weighted by atomic mass is 10.1. The van der Waals surface area contributed by atoms with Crippen molar-refractivity contribution in [2.75, 3.05) is 13.1 Å². The number of carboxylic acids is 1. The largest absolute Gasteiger partial charge is 0.480 e. The van der Waals surface area contributed by atoms with Gasteiger partial charge in [-0.1, -0.05) is 0 Å². The van der Waals surface area contributed by atoms with Crippen LogP contribution >= 0.6 is 0 Å². The predicted octanol–water partition coefficient (Wildman–Crippen LogP) is 0.785. The normalized spacial score (nSPS) is 11.5. The molecule has 0 saturated carbocycles. The van der Waals surface area contributed by atoms with E-state index in [1.165, 1.54) is 13.8 Å². The van der Waals surface area contributed by atoms with E-state index in [0.717, 1.165) is 17.0 Å². The van der Waals surface area contributed by atoms with Crippen LogP contribution in [0.3, 0.4) is 0 Å². The van der Waals surface area contributed by atoms with E-state index in [-0.39, 0.29) is 19.0 Å². The Morgan fingerprint density at radius 3 is 2.54 bits per heavy atom. The van der Waals surface area contributed by atoms with Crippen LogP contribution in [-0.2, 0) is 9.59 Å². The lowest BCUT2D eigenvalue weighted by molar-refractivity contribution is -0.385. The van der Waals surface area contributed by atoms with Gasteiger partial charge in [-0.25, -0.2) is 9.18 Å². The monoisotopic (exact) mass is 341 g/mol. The Labute approximate surface area is 136 Å². The van der Waals surface area contributed by atoms with Crippen molar-refractivity contribution in [2.45, 2.75) is 19.9 Å². The van der Waals surface area contributed by atoms with Gasteiger partial charge in [0.1, 0.15) is 17.4 Å². The smallest absolute Gasteiger partial charge is 0.326 e. The van der Waals surface area contributed by atoms with E-state index in [1.807, 2.05) is 0 Å². The van der Waals surface area contributed by atoms with Gasteiger partial charge in [-0.15, -0.1) is 0 Å². The summed E-state index contributed by atoms with van der Waals surface area (Å²) in [5, 5.41) is 22.5. The fraction of sp³-hybridized carbons (Fsp3) is 0.357. The average molecular weight is 341 g/mol. The van der Waals surface area contributed by atoms with Crippen LogP contribution in [0, 0.1) is 15.9 Å². The van der Waals surface area contributed by atoms with Crippen molar-refractivity contribution in [1.29, 1.82) is 0 Å². The first-order valence-corrected chi connectivity index (χ1v) is 6.87. The summed E-state index contributed by atoms with van der Waals surface area (Å²) in [4.78, 5) is 45.5. The number of halogens is 1. The number of carboxylic acid groups (broad SMARTS) is 1. The van der Waals surface area contributed by atoms with E-state index in [2.05, 4.69) is 5.32 Å². The fourth-order valence-corrected chi connectivity index (χ4v) is 1.95. The molecule has 0 saturated heterocycles. The van der Waals surface area contributed by atoms with Gasteiger partial charge in [0.2, 0.25) is 5.91 Å². The second-order valence-electron chi connectivity index (χ2n) is 4.91. The number of nitrogens with one attached hydrogen (secondary N) is 1. The summed E-state index contributed by atoms with van der Waals surface area (Å²) in [5.41, 5.74) is -1.19. The number of nitrogens with zero attached hydrogens (tertiary/aromatic N) is 2. The number of aliphatic carboxylic acids is 1. The summed E-state index contributed by atoms with van der Waals surface area (Å²) in [6.07, 6.45) is 0. The standard InChI is InChI=1S/C14H16FN3O6/c1-8(14(21)22)17(6-5-16-9(2)19)13(20)11-7-10(15)3-4-12(11)18(23)24/h3-4,7-8H,5-6H2,1-2H3,(H,16,19)(H,21,22). The Kier molecular flexibility index (Phi) is 6.33. The molecule has 1 rings (SSSR count). The maximum absolute atomic E-state index is 13.4. The summed E-state index contributed by atoms with van der Waals surface area (Å²) in [6.45, 7) is 2.19. The highest BCUT2D eigenvalue weighted by Gasteiger charge is 2.31. The predicted molar refractivity (Wildman–Crippen MR) is 79.9 cm³/mol. The summed E-state index contributed by atoms with van der Waals surface area (Å²) in [7, 11) is 0. The molecule has 1 unspecified atom stereocenters. The first kappa shape index (κ1) is 19.0. The number of hydrogen-bond acceptors (Lipinski definition) is 5. The van der Waals surface area contributed by atoms with Crippen LogP contribution in [-0.4, -0.2) is 51.8 Å². The van der Waals surface area contributed by atoms with E-state index in [0.29, 0.717) is 6.07 Å². The van der Waals surface area contributed by atoms with Crippen molar-refractivity contribution < 1.29 is 28.8 Å². The minimum absolute atomic E-state index is 0.0538. The van der Waals surface area contributed by atoms with Crippen LogP contribution in [0.25, 0.3) is 0 Å². The van der Waals surface area contributed by atoms with Gasteiger partial charge in [-0.3, -0.25) is 19.7 Å². The Bertz CT molecular complexity index is 678. The molecular weight excluding hydrogens is 325 g/mol. The number of carbonyl (C=O) groups excluding carboxylic acids is 2. The number of hydrogen-bond donors (Lipinski definition) is 2. The molecule has 130 valence electrons. The quantitative estimate of drug-likeness (QED) is 0.557. The lowest BCUT2D eigenvalue weighted by Gasteiger charge is -2.26. The highest BCUT2D eigenvalue weighted by molar-refractivity contribution is 6.00. The molecule has 2 N–H and O–H groups in total. The van der Waals surface area contributed by atoms with Gasteiger partial charge in [0, 0.05) is 26.1 Å². The third-order valence-corrected chi connectivity index (χ3v) is 3.20. The van der Waals surface area contributed by atoms with E-state index >= 15 is 0 Å². The molecule has 0 aromatic heterocycles. The number of carbonyl (C=O) groups is 3. The second-order valence-corrected chi connectivity index (χ2v) is 4.91. The summed E-state index contributed by atoms with van der Waals surface area (Å²) in [6, 6.07) is 1.02. The highest BCUT2D eigenvalue weighted by atomic mass is 19.1. The number of rotatable bonds is 7. The van der Waals surface area contributed by atoms with Crippen LogP contribution in [0.1, 0.15) is 24.2 Å². The van der Waals surface area contributed by atoms with Crippen molar-refractivity contribution in [1.82, 2.24) is 10.2 Å². The maximum Gasteiger partial charge on any atom is 0.326 e. The van der Waals surface area contributed by atoms with E-state index in [1.54, 1.807) is 0 Å². The molecule has 0 bridgehead atoms. The SMILES string of the molecule is CC(=O)NCCN(C(=O)c1cc(F)ccc1[N+](=O)[O-])C(C)C(=O)O. The molecule has 2 amide bonds. The molecule has 0 spiro atoms. The van der Waals surface area contributed by atoms with E-state index < -0.39 is 39.9 Å². The number of nitro benzene ring substituents is 1.